The minimum Gasteiger partial charge on any atom is -0.480 e. The molecule has 0 aliphatic heterocycles. The summed E-state index contributed by atoms with van der Waals surface area (Å²) >= 11 is 0. The predicted octanol–water partition coefficient (Wildman–Crippen LogP) is 2.77. The molecule has 114 valence electrons. The van der Waals surface area contributed by atoms with E-state index in [4.69, 9.17) is 0 Å². The number of aromatic nitrogens is 1. The number of carboxylic acid groups (broad SMARTS) is 1. The van der Waals surface area contributed by atoms with Crippen LogP contribution in [0.5, 0.6) is 0 Å². The van der Waals surface area contributed by atoms with Crippen LogP contribution in [-0.2, 0) is 4.79 Å². The molecule has 5 heteroatoms. The van der Waals surface area contributed by atoms with Crippen LogP contribution in [0.1, 0.15) is 29.6 Å². The van der Waals surface area contributed by atoms with E-state index in [1.807, 2.05) is 12.1 Å². The number of para-hydroxylation sites is 1. The van der Waals surface area contributed by atoms with Crippen molar-refractivity contribution in [2.75, 3.05) is 0 Å². The third kappa shape index (κ3) is 3.69. The topological polar surface area (TPSA) is 79.3 Å². The average molecular weight is 298 g/mol. The van der Waals surface area contributed by atoms with E-state index in [1.54, 1.807) is 30.5 Å². The number of aliphatic carboxylic acids is 1. The van der Waals surface area contributed by atoms with Gasteiger partial charge in [0.2, 0.25) is 0 Å². The van der Waals surface area contributed by atoms with E-state index in [0.717, 1.165) is 11.8 Å². The fraction of sp³-hybridized carbons (Fsp3) is 0.235. The summed E-state index contributed by atoms with van der Waals surface area (Å²) in [7, 11) is 0. The van der Waals surface area contributed by atoms with Gasteiger partial charge in [-0.3, -0.25) is 9.78 Å². The number of allylic oxidation sites excluding steroid dienone is 1. The normalized spacial score (nSPS) is 11.8. The first-order chi connectivity index (χ1) is 10.6. The lowest BCUT2D eigenvalue weighted by Gasteiger charge is -2.14. The summed E-state index contributed by atoms with van der Waals surface area (Å²) in [5, 5.41) is 12.6. The van der Waals surface area contributed by atoms with Crippen LogP contribution >= 0.6 is 0 Å². The molecule has 0 bridgehead atoms. The third-order valence-electron chi connectivity index (χ3n) is 3.38. The number of benzene rings is 1. The second kappa shape index (κ2) is 7.36. The molecule has 2 N–H and O–H groups in total. The summed E-state index contributed by atoms with van der Waals surface area (Å²) in [5.74, 6) is -1.46. The molecule has 0 radical (unpaired) electrons. The maximum Gasteiger partial charge on any atom is 0.326 e. The summed E-state index contributed by atoms with van der Waals surface area (Å²) in [6.07, 6.45) is 5.09. The van der Waals surface area contributed by atoms with E-state index in [-0.39, 0.29) is 0 Å². The molecule has 2 rings (SSSR count). The van der Waals surface area contributed by atoms with E-state index >= 15 is 0 Å². The number of nitrogens with one attached hydrogen (secondary N) is 1. The fourth-order valence-corrected chi connectivity index (χ4v) is 2.25. The van der Waals surface area contributed by atoms with Gasteiger partial charge in [-0.25, -0.2) is 4.79 Å². The number of hydrogen-bond acceptors (Lipinski definition) is 3. The van der Waals surface area contributed by atoms with Gasteiger partial charge in [-0.15, -0.1) is 6.58 Å². The molecule has 0 saturated heterocycles. The molecule has 0 aliphatic carbocycles. The number of nitrogens with zero attached hydrogens (tertiary/aromatic N) is 1. The zero-order valence-electron chi connectivity index (χ0n) is 12.2. The summed E-state index contributed by atoms with van der Waals surface area (Å²) in [5.41, 5.74) is 0.950. The van der Waals surface area contributed by atoms with Crippen LogP contribution in [0.25, 0.3) is 10.9 Å². The Bertz CT molecular complexity index is 692. The molecule has 1 atom stereocenters. The summed E-state index contributed by atoms with van der Waals surface area (Å²) in [4.78, 5) is 27.8. The summed E-state index contributed by atoms with van der Waals surface area (Å²) < 4.78 is 0. The first-order valence-electron chi connectivity index (χ1n) is 7.12. The van der Waals surface area contributed by atoms with Crippen molar-refractivity contribution in [3.8, 4) is 0 Å². The van der Waals surface area contributed by atoms with Gasteiger partial charge in [0.15, 0.2) is 0 Å². The average Bonchev–Trinajstić information content (AvgIpc) is 2.53. The van der Waals surface area contributed by atoms with Gasteiger partial charge >= 0.3 is 5.97 Å². The summed E-state index contributed by atoms with van der Waals surface area (Å²) in [6.45, 7) is 3.60. The number of carbonyl (C=O) groups is 2. The van der Waals surface area contributed by atoms with Crippen molar-refractivity contribution in [2.45, 2.75) is 25.3 Å². The standard InChI is InChI=1S/C17H18N2O3/c1-2-3-4-10-14(17(21)22)19-16(20)13-9-5-7-12-8-6-11-18-15(12)13/h2,5-9,11,14H,1,3-4,10H2,(H,19,20)(H,21,22)/t14-/m1/s1. The van der Waals surface area contributed by atoms with Crippen molar-refractivity contribution in [3.05, 3.63) is 54.7 Å². The van der Waals surface area contributed by atoms with Crippen molar-refractivity contribution in [2.24, 2.45) is 0 Å². The van der Waals surface area contributed by atoms with Crippen LogP contribution < -0.4 is 5.32 Å². The van der Waals surface area contributed by atoms with Crippen molar-refractivity contribution >= 4 is 22.8 Å². The number of carboxylic acids is 1. The molecular weight excluding hydrogens is 280 g/mol. The van der Waals surface area contributed by atoms with E-state index in [0.29, 0.717) is 23.9 Å². The molecule has 22 heavy (non-hydrogen) atoms. The van der Waals surface area contributed by atoms with Gasteiger partial charge < -0.3 is 10.4 Å². The lowest BCUT2D eigenvalue weighted by Crippen LogP contribution is -2.40. The highest BCUT2D eigenvalue weighted by Crippen LogP contribution is 2.16. The van der Waals surface area contributed by atoms with Crippen LogP contribution in [0.15, 0.2) is 49.2 Å². The Labute approximate surface area is 128 Å². The summed E-state index contributed by atoms with van der Waals surface area (Å²) in [6, 6.07) is 8.00. The Balaban J connectivity index is 2.18. The predicted molar refractivity (Wildman–Crippen MR) is 84.7 cm³/mol. The van der Waals surface area contributed by atoms with Crippen molar-refractivity contribution in [3.63, 3.8) is 0 Å². The zero-order valence-corrected chi connectivity index (χ0v) is 12.2. The van der Waals surface area contributed by atoms with Crippen LogP contribution in [0.3, 0.4) is 0 Å². The fourth-order valence-electron chi connectivity index (χ4n) is 2.25. The molecule has 0 aliphatic rings. The van der Waals surface area contributed by atoms with Crippen LogP contribution in [0.4, 0.5) is 0 Å². The van der Waals surface area contributed by atoms with Gasteiger partial charge in [0.1, 0.15) is 6.04 Å². The molecule has 1 aromatic heterocycles. The number of fused-ring (bicyclic) bond motifs is 1. The van der Waals surface area contributed by atoms with Crippen molar-refractivity contribution < 1.29 is 14.7 Å². The first kappa shape index (κ1) is 15.7. The minimum absolute atomic E-state index is 0.366. The molecule has 0 unspecified atom stereocenters. The number of pyridine rings is 1. The maximum atomic E-state index is 12.4. The number of unbranched alkanes of at least 4 members (excludes halogenated alkanes) is 1. The minimum atomic E-state index is -1.04. The number of carbonyl (C=O) groups excluding carboxylic acids is 1. The Morgan fingerprint density at radius 3 is 2.82 bits per heavy atom. The van der Waals surface area contributed by atoms with Crippen LogP contribution in [-0.4, -0.2) is 28.0 Å². The van der Waals surface area contributed by atoms with Gasteiger partial charge in [-0.1, -0.05) is 24.3 Å². The molecule has 0 saturated carbocycles. The Morgan fingerprint density at radius 1 is 1.32 bits per heavy atom. The van der Waals surface area contributed by atoms with Gasteiger partial charge in [0.05, 0.1) is 11.1 Å². The lowest BCUT2D eigenvalue weighted by molar-refractivity contribution is -0.139. The molecule has 1 amide bonds. The van der Waals surface area contributed by atoms with Gasteiger partial charge in [0.25, 0.3) is 5.91 Å². The number of rotatable bonds is 7. The van der Waals surface area contributed by atoms with Gasteiger partial charge in [-0.2, -0.15) is 0 Å². The number of amides is 1. The van der Waals surface area contributed by atoms with E-state index in [2.05, 4.69) is 16.9 Å². The molecule has 0 fully saturated rings. The SMILES string of the molecule is C=CCCC[C@@H](NC(=O)c1cccc2cccnc12)C(=O)O. The van der Waals surface area contributed by atoms with E-state index in [9.17, 15) is 14.7 Å². The first-order valence-corrected chi connectivity index (χ1v) is 7.12. The maximum absolute atomic E-state index is 12.4. The zero-order chi connectivity index (χ0) is 15.9. The molecule has 1 heterocycles. The van der Waals surface area contributed by atoms with Crippen LogP contribution in [0.2, 0.25) is 0 Å². The Hall–Kier alpha value is -2.69. The Kier molecular flexibility index (Phi) is 5.25. The second-order valence-corrected chi connectivity index (χ2v) is 4.96. The monoisotopic (exact) mass is 298 g/mol. The van der Waals surface area contributed by atoms with Gasteiger partial charge in [-0.05, 0) is 31.4 Å². The van der Waals surface area contributed by atoms with Crippen molar-refractivity contribution in [1.29, 1.82) is 0 Å². The highest BCUT2D eigenvalue weighted by Gasteiger charge is 2.21. The highest BCUT2D eigenvalue weighted by molar-refractivity contribution is 6.06. The number of hydrogen-bond donors (Lipinski definition) is 2. The molecular formula is C17H18N2O3. The molecule has 1 aromatic carbocycles. The molecule has 5 nitrogen and oxygen atoms in total. The van der Waals surface area contributed by atoms with Crippen LogP contribution in [0, 0.1) is 0 Å². The quantitative estimate of drug-likeness (QED) is 0.608. The van der Waals surface area contributed by atoms with E-state index < -0.39 is 17.9 Å². The molecule has 0 spiro atoms. The second-order valence-electron chi connectivity index (χ2n) is 4.96. The van der Waals surface area contributed by atoms with Gasteiger partial charge in [0, 0.05) is 11.6 Å². The highest BCUT2D eigenvalue weighted by atomic mass is 16.4. The lowest BCUT2D eigenvalue weighted by atomic mass is 10.1. The largest absolute Gasteiger partial charge is 0.480 e. The van der Waals surface area contributed by atoms with E-state index in [1.165, 1.54) is 0 Å². The smallest absolute Gasteiger partial charge is 0.326 e. The third-order valence-corrected chi connectivity index (χ3v) is 3.38. The molecule has 2 aromatic rings. The van der Waals surface area contributed by atoms with Crippen molar-refractivity contribution in [1.82, 2.24) is 10.3 Å². The Morgan fingerprint density at radius 2 is 2.09 bits per heavy atom.